The van der Waals surface area contributed by atoms with E-state index >= 15 is 0 Å². The predicted octanol–water partition coefficient (Wildman–Crippen LogP) is 2.35. The zero-order chi connectivity index (χ0) is 14.7. The molecular formula is C16H19N5. The number of para-hydroxylation sites is 2. The molecule has 108 valence electrons. The number of imidazole rings is 1. The summed E-state index contributed by atoms with van der Waals surface area (Å²) in [6.45, 7) is 3.06. The summed E-state index contributed by atoms with van der Waals surface area (Å²) >= 11 is 0. The molecule has 0 aliphatic carbocycles. The highest BCUT2D eigenvalue weighted by Gasteiger charge is 2.16. The monoisotopic (exact) mass is 281 g/mol. The first-order valence-corrected chi connectivity index (χ1v) is 7.20. The van der Waals surface area contributed by atoms with Crippen molar-refractivity contribution in [2.24, 2.45) is 0 Å². The van der Waals surface area contributed by atoms with Gasteiger partial charge in [-0.05, 0) is 26.1 Å². The Morgan fingerprint density at radius 3 is 2.81 bits per heavy atom. The Bertz CT molecular complexity index is 720. The molecule has 5 nitrogen and oxygen atoms in total. The molecule has 2 heterocycles. The molecule has 0 saturated carbocycles. The fraction of sp³-hybridized carbons (Fsp3) is 0.312. The van der Waals surface area contributed by atoms with Crippen LogP contribution >= 0.6 is 0 Å². The lowest BCUT2D eigenvalue weighted by Gasteiger charge is -2.15. The summed E-state index contributed by atoms with van der Waals surface area (Å²) in [5.74, 6) is 1.07. The van der Waals surface area contributed by atoms with Crippen molar-refractivity contribution in [1.29, 1.82) is 0 Å². The van der Waals surface area contributed by atoms with Gasteiger partial charge in [-0.2, -0.15) is 0 Å². The van der Waals surface area contributed by atoms with Gasteiger partial charge < -0.3 is 9.88 Å². The van der Waals surface area contributed by atoms with Crippen LogP contribution in [-0.4, -0.2) is 26.6 Å². The van der Waals surface area contributed by atoms with E-state index in [9.17, 15) is 0 Å². The molecule has 1 unspecified atom stereocenters. The summed E-state index contributed by atoms with van der Waals surface area (Å²) in [6.07, 6.45) is 6.01. The summed E-state index contributed by atoms with van der Waals surface area (Å²) in [6, 6.07) is 8.37. The van der Waals surface area contributed by atoms with E-state index in [-0.39, 0.29) is 6.04 Å². The van der Waals surface area contributed by atoms with Gasteiger partial charge in [-0.3, -0.25) is 9.97 Å². The largest absolute Gasteiger partial charge is 0.328 e. The Balaban J connectivity index is 1.97. The van der Waals surface area contributed by atoms with Crippen LogP contribution in [0.5, 0.6) is 0 Å². The number of hydrogen-bond donors (Lipinski definition) is 1. The summed E-state index contributed by atoms with van der Waals surface area (Å²) in [5, 5.41) is 3.31. The number of aryl methyl sites for hydroxylation is 1. The predicted molar refractivity (Wildman–Crippen MR) is 82.9 cm³/mol. The second-order valence-corrected chi connectivity index (χ2v) is 4.94. The van der Waals surface area contributed by atoms with Crippen LogP contribution in [0.2, 0.25) is 0 Å². The highest BCUT2D eigenvalue weighted by atomic mass is 15.1. The third-order valence-corrected chi connectivity index (χ3v) is 3.73. The molecule has 0 aliphatic rings. The smallest absolute Gasteiger partial charge is 0.111 e. The third kappa shape index (κ3) is 2.64. The van der Waals surface area contributed by atoms with Gasteiger partial charge in [-0.15, -0.1) is 0 Å². The van der Waals surface area contributed by atoms with Crippen molar-refractivity contribution in [3.05, 3.63) is 54.4 Å². The lowest BCUT2D eigenvalue weighted by atomic mass is 10.1. The Kier molecular flexibility index (Phi) is 3.92. The van der Waals surface area contributed by atoms with Crippen molar-refractivity contribution in [2.45, 2.75) is 25.9 Å². The molecule has 0 amide bonds. The minimum absolute atomic E-state index is 0.112. The summed E-state index contributed by atoms with van der Waals surface area (Å²) in [7, 11) is 1.94. The van der Waals surface area contributed by atoms with Gasteiger partial charge in [0.2, 0.25) is 0 Å². The number of likely N-dealkylation sites (N-methyl/N-ethyl adjacent to an activating group) is 1. The number of nitrogens with zero attached hydrogens (tertiary/aromatic N) is 4. The molecule has 2 aromatic heterocycles. The van der Waals surface area contributed by atoms with Crippen LogP contribution in [0.25, 0.3) is 11.0 Å². The summed E-state index contributed by atoms with van der Waals surface area (Å²) in [4.78, 5) is 13.3. The van der Waals surface area contributed by atoms with Crippen molar-refractivity contribution in [2.75, 3.05) is 7.05 Å². The quantitative estimate of drug-likeness (QED) is 0.780. The Morgan fingerprint density at radius 2 is 2.10 bits per heavy atom. The molecule has 0 fully saturated rings. The van der Waals surface area contributed by atoms with Gasteiger partial charge in [-0.1, -0.05) is 12.1 Å². The first-order valence-electron chi connectivity index (χ1n) is 7.20. The number of fused-ring (bicyclic) bond motifs is 1. The second-order valence-electron chi connectivity index (χ2n) is 4.94. The van der Waals surface area contributed by atoms with Crippen molar-refractivity contribution >= 4 is 11.0 Å². The third-order valence-electron chi connectivity index (χ3n) is 3.73. The molecule has 5 heteroatoms. The van der Waals surface area contributed by atoms with E-state index in [2.05, 4.69) is 45.0 Å². The average molecular weight is 281 g/mol. The minimum atomic E-state index is 0.112. The molecule has 0 bridgehead atoms. The van der Waals surface area contributed by atoms with E-state index in [1.54, 1.807) is 18.6 Å². The number of hydrogen-bond acceptors (Lipinski definition) is 4. The zero-order valence-electron chi connectivity index (χ0n) is 12.3. The number of rotatable bonds is 5. The molecule has 1 N–H and O–H groups in total. The Morgan fingerprint density at radius 1 is 1.24 bits per heavy atom. The minimum Gasteiger partial charge on any atom is -0.328 e. The number of benzene rings is 1. The Hall–Kier alpha value is -2.27. The number of aromatic nitrogens is 4. The summed E-state index contributed by atoms with van der Waals surface area (Å²) < 4.78 is 2.26. The van der Waals surface area contributed by atoms with Crippen LogP contribution in [0.1, 0.15) is 24.5 Å². The Labute approximate surface area is 124 Å². The van der Waals surface area contributed by atoms with Crippen molar-refractivity contribution in [3.63, 3.8) is 0 Å². The molecule has 3 rings (SSSR count). The first-order chi connectivity index (χ1) is 10.3. The SMILES string of the molecule is CCn1c(CC(NC)c2cnccn2)nc2ccccc21. The lowest BCUT2D eigenvalue weighted by molar-refractivity contribution is 0.542. The van der Waals surface area contributed by atoms with Crippen LogP contribution in [0.15, 0.2) is 42.9 Å². The fourth-order valence-corrected chi connectivity index (χ4v) is 2.66. The zero-order valence-corrected chi connectivity index (χ0v) is 12.3. The maximum absolute atomic E-state index is 4.77. The van der Waals surface area contributed by atoms with Crippen molar-refractivity contribution in [3.8, 4) is 0 Å². The van der Waals surface area contributed by atoms with E-state index in [4.69, 9.17) is 4.98 Å². The highest BCUT2D eigenvalue weighted by molar-refractivity contribution is 5.75. The molecule has 0 radical (unpaired) electrons. The molecule has 0 saturated heterocycles. The maximum atomic E-state index is 4.77. The fourth-order valence-electron chi connectivity index (χ4n) is 2.66. The molecule has 1 aromatic carbocycles. The molecule has 1 atom stereocenters. The molecule has 0 spiro atoms. The van der Waals surface area contributed by atoms with Gasteiger partial charge in [0.1, 0.15) is 5.82 Å². The van der Waals surface area contributed by atoms with Crippen LogP contribution in [0.3, 0.4) is 0 Å². The van der Waals surface area contributed by atoms with E-state index in [0.29, 0.717) is 0 Å². The lowest BCUT2D eigenvalue weighted by Crippen LogP contribution is -2.22. The topological polar surface area (TPSA) is 55.6 Å². The van der Waals surface area contributed by atoms with E-state index in [1.807, 2.05) is 13.1 Å². The van der Waals surface area contributed by atoms with E-state index in [1.165, 1.54) is 5.52 Å². The molecule has 21 heavy (non-hydrogen) atoms. The summed E-state index contributed by atoms with van der Waals surface area (Å²) in [5.41, 5.74) is 3.17. The maximum Gasteiger partial charge on any atom is 0.111 e. The van der Waals surface area contributed by atoms with Gasteiger partial charge in [0.25, 0.3) is 0 Å². The van der Waals surface area contributed by atoms with E-state index < -0.39 is 0 Å². The molecular weight excluding hydrogens is 262 g/mol. The van der Waals surface area contributed by atoms with Gasteiger partial charge in [-0.25, -0.2) is 4.98 Å². The van der Waals surface area contributed by atoms with Gasteiger partial charge in [0.15, 0.2) is 0 Å². The standard InChI is InChI=1S/C16H19N5/c1-3-21-15-7-5-4-6-12(15)20-16(21)10-13(17-2)14-11-18-8-9-19-14/h4-9,11,13,17H,3,10H2,1-2H3. The van der Waals surface area contributed by atoms with Gasteiger partial charge >= 0.3 is 0 Å². The van der Waals surface area contributed by atoms with Gasteiger partial charge in [0, 0.05) is 31.6 Å². The first kappa shape index (κ1) is 13.7. The highest BCUT2D eigenvalue weighted by Crippen LogP contribution is 2.20. The van der Waals surface area contributed by atoms with Gasteiger partial charge in [0.05, 0.1) is 22.8 Å². The van der Waals surface area contributed by atoms with Crippen LogP contribution in [-0.2, 0) is 13.0 Å². The van der Waals surface area contributed by atoms with Crippen LogP contribution < -0.4 is 5.32 Å². The normalized spacial score (nSPS) is 12.7. The second kappa shape index (κ2) is 6.01. The molecule has 3 aromatic rings. The van der Waals surface area contributed by atoms with Crippen molar-refractivity contribution < 1.29 is 0 Å². The number of nitrogens with one attached hydrogen (secondary N) is 1. The van der Waals surface area contributed by atoms with Crippen LogP contribution in [0.4, 0.5) is 0 Å². The van der Waals surface area contributed by atoms with Crippen LogP contribution in [0, 0.1) is 0 Å². The van der Waals surface area contributed by atoms with E-state index in [0.717, 1.165) is 30.0 Å². The molecule has 0 aliphatic heterocycles. The van der Waals surface area contributed by atoms with Crippen molar-refractivity contribution in [1.82, 2.24) is 24.8 Å². The average Bonchev–Trinajstić information content (AvgIpc) is 2.90.